The number of carbonyl (C=O) groups is 1. The van der Waals surface area contributed by atoms with Crippen LogP contribution in [0.4, 0.5) is 5.82 Å². The number of fused-ring (bicyclic) bond motifs is 1. The van der Waals surface area contributed by atoms with E-state index < -0.39 is 8.53 Å². The Bertz CT molecular complexity index is 1100. The molecule has 13 heteroatoms. The highest BCUT2D eigenvalue weighted by Crippen LogP contribution is 2.35. The quantitative estimate of drug-likeness (QED) is 0.190. The van der Waals surface area contributed by atoms with Crippen molar-refractivity contribution in [3.8, 4) is 12.3 Å². The number of benzene rings is 1. The van der Waals surface area contributed by atoms with Crippen LogP contribution in [0.1, 0.15) is 51.3 Å². The number of methoxy groups -OCH3 is 1. The van der Waals surface area contributed by atoms with E-state index >= 15 is 0 Å². The summed E-state index contributed by atoms with van der Waals surface area (Å²) in [5.74, 6) is 1.53. The third-order valence-electron chi connectivity index (χ3n) is 5.95. The fourth-order valence-electron chi connectivity index (χ4n) is 3.77. The molecule has 4 rings (SSSR count). The van der Waals surface area contributed by atoms with E-state index in [-0.39, 0.29) is 25.4 Å². The average Bonchev–Trinajstić information content (AvgIpc) is 3.64. The Hall–Kier alpha value is -3.17. The van der Waals surface area contributed by atoms with Gasteiger partial charge in [0.1, 0.15) is 30.0 Å². The van der Waals surface area contributed by atoms with Crippen LogP contribution in [0.2, 0.25) is 0 Å². The largest absolute Gasteiger partial charge is 0.508 e. The minimum atomic E-state index is -1.80. The lowest BCUT2D eigenvalue weighted by Gasteiger charge is -2.16. The molecule has 0 bridgehead atoms. The first-order valence-corrected chi connectivity index (χ1v) is 14.2. The number of anilines is 1. The topological polar surface area (TPSA) is 177 Å². The summed E-state index contributed by atoms with van der Waals surface area (Å²) >= 11 is 0. The molecular formula is C27H41N6O6P. The second kappa shape index (κ2) is 20.7. The van der Waals surface area contributed by atoms with Gasteiger partial charge in [-0.3, -0.25) is 0 Å². The number of nitrogens with zero attached hydrogens (tertiary/aromatic N) is 4. The number of aldehydes is 1. The van der Waals surface area contributed by atoms with Crippen molar-refractivity contribution >= 4 is 26.1 Å². The van der Waals surface area contributed by atoms with Gasteiger partial charge in [0, 0.05) is 20.3 Å². The molecule has 1 aliphatic heterocycles. The van der Waals surface area contributed by atoms with E-state index in [1.165, 1.54) is 19.2 Å². The van der Waals surface area contributed by atoms with Gasteiger partial charge in [0.25, 0.3) is 8.53 Å². The van der Waals surface area contributed by atoms with Gasteiger partial charge >= 0.3 is 0 Å². The molecule has 0 spiro atoms. The van der Waals surface area contributed by atoms with E-state index in [4.69, 9.17) is 30.1 Å². The Morgan fingerprint density at radius 1 is 1.25 bits per heavy atom. The molecule has 3 atom stereocenters. The summed E-state index contributed by atoms with van der Waals surface area (Å²) in [6.45, 7) is 9.16. The lowest BCUT2D eigenvalue weighted by molar-refractivity contribution is -0.107. The molecule has 0 aliphatic carbocycles. The predicted octanol–water partition coefficient (Wildman–Crippen LogP) is 4.16. The summed E-state index contributed by atoms with van der Waals surface area (Å²) in [6, 6.07) is 12.5. The minimum absolute atomic E-state index is 0.0631. The van der Waals surface area contributed by atoms with Crippen LogP contribution < -0.4 is 10.8 Å². The van der Waals surface area contributed by atoms with Crippen molar-refractivity contribution in [2.45, 2.75) is 51.7 Å². The zero-order valence-corrected chi connectivity index (χ0v) is 24.2. The molecule has 5 N–H and O–H groups in total. The Balaban J connectivity index is 0.000000386. The molecule has 220 valence electrons. The molecule has 1 aliphatic rings. The maximum atomic E-state index is 10.2. The summed E-state index contributed by atoms with van der Waals surface area (Å²) in [5.41, 5.74) is 7.50. The van der Waals surface area contributed by atoms with E-state index in [2.05, 4.69) is 35.6 Å². The maximum Gasteiger partial charge on any atom is 0.253 e. The first-order valence-electron chi connectivity index (χ1n) is 12.9. The van der Waals surface area contributed by atoms with Crippen LogP contribution in [-0.2, 0) is 18.8 Å². The Morgan fingerprint density at radius 2 is 1.95 bits per heavy atom. The van der Waals surface area contributed by atoms with Crippen molar-refractivity contribution in [2.24, 2.45) is 5.92 Å². The van der Waals surface area contributed by atoms with Crippen molar-refractivity contribution in [3.05, 3.63) is 54.5 Å². The molecule has 0 saturated carbocycles. The van der Waals surface area contributed by atoms with E-state index in [0.717, 1.165) is 36.6 Å². The van der Waals surface area contributed by atoms with Crippen LogP contribution in [0.25, 0.3) is 5.52 Å². The van der Waals surface area contributed by atoms with Crippen molar-refractivity contribution in [3.63, 3.8) is 0 Å². The normalized spacial score (nSPS) is 16.6. The number of nitrogen functional groups attached to an aromatic ring is 1. The van der Waals surface area contributed by atoms with Gasteiger partial charge in [-0.15, -0.1) is 0 Å². The smallest absolute Gasteiger partial charge is 0.253 e. The Labute approximate surface area is 237 Å². The Morgan fingerprint density at radius 3 is 2.50 bits per heavy atom. The summed E-state index contributed by atoms with van der Waals surface area (Å²) in [5, 5.41) is 21.9. The zero-order valence-electron chi connectivity index (χ0n) is 23.3. The van der Waals surface area contributed by atoms with Crippen LogP contribution in [0.3, 0.4) is 0 Å². The summed E-state index contributed by atoms with van der Waals surface area (Å²) in [4.78, 5) is 23.7. The molecule has 12 nitrogen and oxygen atoms in total. The van der Waals surface area contributed by atoms with Crippen LogP contribution in [0.15, 0.2) is 48.8 Å². The number of phenolic OH excluding ortho intramolecular Hbond substituents is 1. The molecule has 2 aromatic heterocycles. The molecule has 3 heterocycles. The maximum absolute atomic E-state index is 10.2. The third-order valence-corrected chi connectivity index (χ3v) is 6.80. The lowest BCUT2D eigenvalue weighted by atomic mass is 10.1. The van der Waals surface area contributed by atoms with Crippen molar-refractivity contribution in [1.29, 1.82) is 5.26 Å². The Kier molecular flexibility index (Phi) is 18.0. The highest BCUT2D eigenvalue weighted by atomic mass is 31.2. The van der Waals surface area contributed by atoms with Gasteiger partial charge < -0.3 is 34.5 Å². The monoisotopic (exact) mass is 576 g/mol. The SMILES string of the molecule is C#N.CCC(CC)COC.Nc1ncnn2c(C3CCC(COP(O)NCC=O)O3)ccc12.Oc1ccccc1. The van der Waals surface area contributed by atoms with Gasteiger partial charge in [-0.1, -0.05) is 44.9 Å². The highest BCUT2D eigenvalue weighted by Gasteiger charge is 2.29. The van der Waals surface area contributed by atoms with Crippen LogP contribution >= 0.6 is 8.53 Å². The van der Waals surface area contributed by atoms with Crippen LogP contribution in [-0.4, -0.2) is 63.9 Å². The number of aromatic nitrogens is 3. The van der Waals surface area contributed by atoms with Gasteiger partial charge in [-0.25, -0.2) is 19.8 Å². The first kappa shape index (κ1) is 34.9. The standard InChI is InChI=1S/C13H18N5O4P.C7H16O.C6H6O.CHN/c14-13-11-3-2-10(18(11)16-8-15-13)12-4-1-9(22-12)7-21-23(20)17-5-6-19;1-4-7(5-2)6-8-3;7-6-4-2-1-3-5-6;1-2/h2-3,6,8-9,12,17,20H,1,4-5,7H2,(H2,14,15,16);7H,4-6H2,1-3H3;1-5,7H;1H. The van der Waals surface area contributed by atoms with Gasteiger partial charge in [0.15, 0.2) is 5.82 Å². The predicted molar refractivity (Wildman–Crippen MR) is 154 cm³/mol. The van der Waals surface area contributed by atoms with Gasteiger partial charge in [-0.2, -0.15) is 5.10 Å². The average molecular weight is 577 g/mol. The van der Waals surface area contributed by atoms with Gasteiger partial charge in [0.05, 0.1) is 24.9 Å². The zero-order chi connectivity index (χ0) is 29.8. The number of hydrogen-bond donors (Lipinski definition) is 4. The second-order valence-electron chi connectivity index (χ2n) is 8.60. The number of ether oxygens (including phenoxy) is 2. The molecular weight excluding hydrogens is 535 g/mol. The lowest BCUT2D eigenvalue weighted by Crippen LogP contribution is -2.17. The highest BCUT2D eigenvalue weighted by molar-refractivity contribution is 7.43. The number of para-hydroxylation sites is 1. The van der Waals surface area contributed by atoms with E-state index in [1.54, 1.807) is 35.9 Å². The number of carbonyl (C=O) groups excluding carboxylic acids is 1. The number of aromatic hydroxyl groups is 1. The van der Waals surface area contributed by atoms with E-state index in [0.29, 0.717) is 17.9 Å². The van der Waals surface area contributed by atoms with Crippen molar-refractivity contribution in [1.82, 2.24) is 19.7 Å². The molecule has 1 fully saturated rings. The number of hydrogen-bond acceptors (Lipinski definition) is 11. The number of phenols is 1. The van der Waals surface area contributed by atoms with Gasteiger partial charge in [-0.05, 0) is 43.0 Å². The first-order chi connectivity index (χ1) is 19.4. The number of nitriles is 1. The summed E-state index contributed by atoms with van der Waals surface area (Å²) < 4.78 is 18.0. The number of rotatable bonds is 11. The summed E-state index contributed by atoms with van der Waals surface area (Å²) in [6.07, 6.45) is 5.99. The fourth-order valence-corrected chi connectivity index (χ4v) is 4.40. The van der Waals surface area contributed by atoms with Crippen molar-refractivity contribution in [2.75, 3.05) is 32.6 Å². The fraction of sp³-hybridized carbons (Fsp3) is 0.481. The summed E-state index contributed by atoms with van der Waals surface area (Å²) in [7, 11) is -0.0359. The number of nitrogens with two attached hydrogens (primary N) is 1. The van der Waals surface area contributed by atoms with Crippen LogP contribution in [0.5, 0.6) is 5.75 Å². The van der Waals surface area contributed by atoms with Crippen molar-refractivity contribution < 1.29 is 28.8 Å². The van der Waals surface area contributed by atoms with E-state index in [1.807, 2.05) is 18.2 Å². The molecule has 1 saturated heterocycles. The van der Waals surface area contributed by atoms with Gasteiger partial charge in [0.2, 0.25) is 0 Å². The molecule has 1 aromatic carbocycles. The minimum Gasteiger partial charge on any atom is -0.508 e. The molecule has 0 amide bonds. The molecule has 3 aromatic rings. The third kappa shape index (κ3) is 12.3. The molecule has 0 radical (unpaired) electrons. The second-order valence-corrected chi connectivity index (χ2v) is 9.72. The van der Waals surface area contributed by atoms with E-state index in [9.17, 15) is 9.69 Å². The number of nitrogens with one attached hydrogen (secondary N) is 1. The van der Waals surface area contributed by atoms with Crippen LogP contribution in [0, 0.1) is 17.8 Å². The molecule has 3 unspecified atom stereocenters. The molecule has 40 heavy (non-hydrogen) atoms.